The van der Waals surface area contributed by atoms with E-state index < -0.39 is 0 Å². The number of para-hydroxylation sites is 2. The molecule has 20 heavy (non-hydrogen) atoms. The van der Waals surface area contributed by atoms with Gasteiger partial charge in [-0.3, -0.25) is 4.98 Å². The van der Waals surface area contributed by atoms with E-state index in [0.717, 1.165) is 22.3 Å². The first-order valence-electron chi connectivity index (χ1n) is 6.31. The highest BCUT2D eigenvalue weighted by atomic mass is 16.5. The van der Waals surface area contributed by atoms with Crippen LogP contribution in [0.4, 0.5) is 0 Å². The van der Waals surface area contributed by atoms with Gasteiger partial charge in [0.2, 0.25) is 0 Å². The lowest BCUT2D eigenvalue weighted by Gasteiger charge is -2.10. The largest absolute Gasteiger partial charge is 0.455 e. The molecule has 0 fully saturated rings. The van der Waals surface area contributed by atoms with Gasteiger partial charge in [-0.2, -0.15) is 5.26 Å². The van der Waals surface area contributed by atoms with Crippen molar-refractivity contribution in [1.82, 2.24) is 4.98 Å². The van der Waals surface area contributed by atoms with E-state index in [0.29, 0.717) is 11.3 Å². The van der Waals surface area contributed by atoms with Gasteiger partial charge in [0.25, 0.3) is 0 Å². The van der Waals surface area contributed by atoms with E-state index in [4.69, 9.17) is 10.00 Å². The fourth-order valence-corrected chi connectivity index (χ4v) is 2.12. The maximum Gasteiger partial charge on any atom is 0.145 e. The van der Waals surface area contributed by atoms with Crippen LogP contribution in [0.15, 0.2) is 54.6 Å². The minimum Gasteiger partial charge on any atom is -0.455 e. The van der Waals surface area contributed by atoms with E-state index in [1.165, 1.54) is 0 Å². The van der Waals surface area contributed by atoms with Crippen molar-refractivity contribution in [2.24, 2.45) is 0 Å². The van der Waals surface area contributed by atoms with E-state index >= 15 is 0 Å². The first-order chi connectivity index (χ1) is 9.78. The third-order valence-electron chi connectivity index (χ3n) is 3.03. The fraction of sp³-hybridized carbons (Fsp3) is 0.0588. The molecule has 0 atom stereocenters. The molecule has 0 spiro atoms. The summed E-state index contributed by atoms with van der Waals surface area (Å²) in [6.45, 7) is 1.93. The summed E-state index contributed by atoms with van der Waals surface area (Å²) in [6.07, 6.45) is 0. The first kappa shape index (κ1) is 12.2. The van der Waals surface area contributed by atoms with Crippen molar-refractivity contribution in [3.8, 4) is 17.6 Å². The van der Waals surface area contributed by atoms with Crippen molar-refractivity contribution >= 4 is 10.9 Å². The molecule has 2 aromatic carbocycles. The standard InChI is InChI=1S/C17H12N2O/c1-12-10-17(14-7-3-4-8-15(14)19-12)20-16-9-5-2-6-13(16)11-18/h2-10H,1H3. The zero-order chi connectivity index (χ0) is 13.9. The number of rotatable bonds is 2. The number of nitriles is 1. The fourth-order valence-electron chi connectivity index (χ4n) is 2.12. The molecular weight excluding hydrogens is 248 g/mol. The van der Waals surface area contributed by atoms with Crippen LogP contribution in [0.3, 0.4) is 0 Å². The zero-order valence-corrected chi connectivity index (χ0v) is 11.0. The van der Waals surface area contributed by atoms with Gasteiger partial charge < -0.3 is 4.74 Å². The lowest BCUT2D eigenvalue weighted by molar-refractivity contribution is 0.486. The summed E-state index contributed by atoms with van der Waals surface area (Å²) in [5.41, 5.74) is 2.29. The summed E-state index contributed by atoms with van der Waals surface area (Å²) in [4.78, 5) is 4.48. The molecule has 3 nitrogen and oxygen atoms in total. The number of hydrogen-bond acceptors (Lipinski definition) is 3. The molecule has 0 saturated carbocycles. The van der Waals surface area contributed by atoms with Crippen LogP contribution < -0.4 is 4.74 Å². The molecule has 3 heteroatoms. The van der Waals surface area contributed by atoms with Gasteiger partial charge >= 0.3 is 0 Å². The van der Waals surface area contributed by atoms with Crippen molar-refractivity contribution in [3.63, 3.8) is 0 Å². The van der Waals surface area contributed by atoms with E-state index in [1.807, 2.05) is 49.4 Å². The van der Waals surface area contributed by atoms with Crippen molar-refractivity contribution in [1.29, 1.82) is 5.26 Å². The van der Waals surface area contributed by atoms with Gasteiger partial charge in [0.15, 0.2) is 0 Å². The van der Waals surface area contributed by atoms with Crippen molar-refractivity contribution in [3.05, 3.63) is 65.9 Å². The Hall–Kier alpha value is -2.86. The maximum atomic E-state index is 9.12. The van der Waals surface area contributed by atoms with Crippen LogP contribution in [0.25, 0.3) is 10.9 Å². The quantitative estimate of drug-likeness (QED) is 0.693. The minimum atomic E-state index is 0.519. The van der Waals surface area contributed by atoms with Crippen LogP contribution in [0, 0.1) is 18.3 Å². The first-order valence-corrected chi connectivity index (χ1v) is 6.31. The van der Waals surface area contributed by atoms with Gasteiger partial charge in [-0.1, -0.05) is 24.3 Å². The Balaban J connectivity index is 2.14. The van der Waals surface area contributed by atoms with Crippen molar-refractivity contribution < 1.29 is 4.74 Å². The average Bonchev–Trinajstić information content (AvgIpc) is 2.47. The van der Waals surface area contributed by atoms with Crippen LogP contribution in [-0.4, -0.2) is 4.98 Å². The highest BCUT2D eigenvalue weighted by Gasteiger charge is 2.08. The number of ether oxygens (including phenoxy) is 1. The Kier molecular flexibility index (Phi) is 3.06. The second kappa shape index (κ2) is 5.02. The molecule has 0 aliphatic heterocycles. The Morgan fingerprint density at radius 1 is 1.00 bits per heavy atom. The van der Waals surface area contributed by atoms with Crippen LogP contribution in [0.1, 0.15) is 11.3 Å². The number of fused-ring (bicyclic) bond motifs is 1. The second-order valence-electron chi connectivity index (χ2n) is 4.49. The highest BCUT2D eigenvalue weighted by molar-refractivity contribution is 5.85. The van der Waals surface area contributed by atoms with Gasteiger partial charge in [-0.05, 0) is 31.2 Å². The molecule has 0 aliphatic rings. The maximum absolute atomic E-state index is 9.12. The van der Waals surface area contributed by atoms with Gasteiger partial charge in [0.1, 0.15) is 17.6 Å². The lowest BCUT2D eigenvalue weighted by Crippen LogP contribution is -1.92. The summed E-state index contributed by atoms with van der Waals surface area (Å²) in [6, 6.07) is 19.0. The molecule has 0 radical (unpaired) electrons. The number of benzene rings is 2. The molecule has 3 aromatic rings. The number of aromatic nitrogens is 1. The van der Waals surface area contributed by atoms with Crippen molar-refractivity contribution in [2.45, 2.75) is 6.92 Å². The van der Waals surface area contributed by atoms with E-state index in [9.17, 15) is 0 Å². The number of hydrogen-bond donors (Lipinski definition) is 0. The second-order valence-corrected chi connectivity index (χ2v) is 4.49. The molecule has 96 valence electrons. The molecule has 1 aromatic heterocycles. The van der Waals surface area contributed by atoms with Gasteiger partial charge in [0, 0.05) is 17.1 Å². The zero-order valence-electron chi connectivity index (χ0n) is 11.0. The smallest absolute Gasteiger partial charge is 0.145 e. The molecule has 0 saturated heterocycles. The molecule has 0 N–H and O–H groups in total. The van der Waals surface area contributed by atoms with E-state index in [1.54, 1.807) is 12.1 Å². The normalized spacial score (nSPS) is 10.2. The third-order valence-corrected chi connectivity index (χ3v) is 3.03. The average molecular weight is 260 g/mol. The molecule has 0 aliphatic carbocycles. The lowest BCUT2D eigenvalue weighted by atomic mass is 10.1. The number of nitrogens with zero attached hydrogens (tertiary/aromatic N) is 2. The monoisotopic (exact) mass is 260 g/mol. The van der Waals surface area contributed by atoms with Crippen LogP contribution in [-0.2, 0) is 0 Å². The molecule has 3 rings (SSSR count). The van der Waals surface area contributed by atoms with E-state index in [2.05, 4.69) is 11.1 Å². The predicted octanol–water partition coefficient (Wildman–Crippen LogP) is 4.21. The topological polar surface area (TPSA) is 45.9 Å². The molecule has 0 amide bonds. The summed E-state index contributed by atoms with van der Waals surface area (Å²) >= 11 is 0. The molecule has 1 heterocycles. The summed E-state index contributed by atoms with van der Waals surface area (Å²) in [5.74, 6) is 1.28. The van der Waals surface area contributed by atoms with E-state index in [-0.39, 0.29) is 0 Å². The SMILES string of the molecule is Cc1cc(Oc2ccccc2C#N)c2ccccc2n1. The Morgan fingerprint density at radius 3 is 2.60 bits per heavy atom. The van der Waals surface area contributed by atoms with Gasteiger partial charge in [0.05, 0.1) is 11.1 Å². The summed E-state index contributed by atoms with van der Waals surface area (Å²) < 4.78 is 5.93. The Labute approximate surface area is 117 Å². The van der Waals surface area contributed by atoms with Crippen molar-refractivity contribution in [2.75, 3.05) is 0 Å². The molecule has 0 unspecified atom stereocenters. The summed E-state index contributed by atoms with van der Waals surface area (Å²) in [5, 5.41) is 10.1. The van der Waals surface area contributed by atoms with Gasteiger partial charge in [-0.25, -0.2) is 0 Å². The Morgan fingerprint density at radius 2 is 1.75 bits per heavy atom. The molecule has 0 bridgehead atoms. The molecular formula is C17H12N2O. The number of pyridine rings is 1. The highest BCUT2D eigenvalue weighted by Crippen LogP contribution is 2.31. The van der Waals surface area contributed by atoms with Crippen LogP contribution in [0.2, 0.25) is 0 Å². The minimum absolute atomic E-state index is 0.519. The van der Waals surface area contributed by atoms with Crippen LogP contribution >= 0.6 is 0 Å². The predicted molar refractivity (Wildman–Crippen MR) is 77.7 cm³/mol. The summed E-state index contributed by atoms with van der Waals surface area (Å²) in [7, 11) is 0. The van der Waals surface area contributed by atoms with Crippen LogP contribution in [0.5, 0.6) is 11.5 Å². The van der Waals surface area contributed by atoms with Gasteiger partial charge in [-0.15, -0.1) is 0 Å². The Bertz CT molecular complexity index is 819. The third kappa shape index (κ3) is 2.19. The number of aryl methyl sites for hydroxylation is 1.